The minimum absolute atomic E-state index is 0.104. The zero-order valence-electron chi connectivity index (χ0n) is 12.6. The van der Waals surface area contributed by atoms with Crippen molar-refractivity contribution in [3.8, 4) is 5.88 Å². The van der Waals surface area contributed by atoms with Gasteiger partial charge in [0.25, 0.3) is 0 Å². The highest BCUT2D eigenvalue weighted by Crippen LogP contribution is 2.11. The lowest BCUT2D eigenvalue weighted by Crippen LogP contribution is -2.38. The SMILES string of the molecule is CC(C)Oc1ccc(CNC(=O)NCC2CCOC2)cn1. The second kappa shape index (κ2) is 7.83. The summed E-state index contributed by atoms with van der Waals surface area (Å²) in [5.74, 6) is 1.03. The van der Waals surface area contributed by atoms with Gasteiger partial charge >= 0.3 is 6.03 Å². The van der Waals surface area contributed by atoms with Gasteiger partial charge in [-0.1, -0.05) is 6.07 Å². The molecule has 1 aliphatic heterocycles. The number of nitrogens with zero attached hydrogens (tertiary/aromatic N) is 1. The molecule has 1 atom stereocenters. The average molecular weight is 293 g/mol. The van der Waals surface area contributed by atoms with E-state index >= 15 is 0 Å². The fraction of sp³-hybridized carbons (Fsp3) is 0.600. The van der Waals surface area contributed by atoms with Gasteiger partial charge in [-0.15, -0.1) is 0 Å². The maximum Gasteiger partial charge on any atom is 0.315 e. The van der Waals surface area contributed by atoms with Crippen molar-refractivity contribution in [1.29, 1.82) is 0 Å². The summed E-state index contributed by atoms with van der Waals surface area (Å²) in [6.45, 7) is 6.55. The Hall–Kier alpha value is -1.82. The topological polar surface area (TPSA) is 72.5 Å². The molecular formula is C15H23N3O3. The summed E-state index contributed by atoms with van der Waals surface area (Å²) in [5.41, 5.74) is 0.936. The van der Waals surface area contributed by atoms with Crippen LogP contribution in [0.3, 0.4) is 0 Å². The Bertz CT molecular complexity index is 442. The van der Waals surface area contributed by atoms with Crippen LogP contribution in [0.15, 0.2) is 18.3 Å². The Labute approximate surface area is 125 Å². The zero-order valence-corrected chi connectivity index (χ0v) is 12.6. The number of urea groups is 1. The highest BCUT2D eigenvalue weighted by molar-refractivity contribution is 5.73. The number of hydrogen-bond acceptors (Lipinski definition) is 4. The van der Waals surface area contributed by atoms with Crippen molar-refractivity contribution in [2.45, 2.75) is 32.9 Å². The van der Waals surface area contributed by atoms with E-state index in [1.165, 1.54) is 0 Å². The molecule has 0 bridgehead atoms. The molecule has 1 unspecified atom stereocenters. The number of hydrogen-bond donors (Lipinski definition) is 2. The second-order valence-electron chi connectivity index (χ2n) is 5.46. The van der Waals surface area contributed by atoms with E-state index in [0.29, 0.717) is 24.9 Å². The van der Waals surface area contributed by atoms with Gasteiger partial charge in [0.2, 0.25) is 5.88 Å². The third-order valence-corrected chi connectivity index (χ3v) is 3.18. The van der Waals surface area contributed by atoms with Gasteiger partial charge in [-0.05, 0) is 25.8 Å². The van der Waals surface area contributed by atoms with Crippen molar-refractivity contribution in [2.24, 2.45) is 5.92 Å². The lowest BCUT2D eigenvalue weighted by atomic mass is 10.1. The monoisotopic (exact) mass is 293 g/mol. The van der Waals surface area contributed by atoms with Gasteiger partial charge in [0.05, 0.1) is 12.7 Å². The van der Waals surface area contributed by atoms with Gasteiger partial charge in [0.1, 0.15) is 0 Å². The second-order valence-corrected chi connectivity index (χ2v) is 5.46. The highest BCUT2D eigenvalue weighted by Gasteiger charge is 2.16. The van der Waals surface area contributed by atoms with E-state index in [1.807, 2.05) is 26.0 Å². The van der Waals surface area contributed by atoms with E-state index in [9.17, 15) is 4.79 Å². The minimum atomic E-state index is -0.163. The van der Waals surface area contributed by atoms with E-state index in [4.69, 9.17) is 9.47 Å². The average Bonchev–Trinajstić information content (AvgIpc) is 2.97. The molecule has 0 spiro atoms. The summed E-state index contributed by atoms with van der Waals surface area (Å²) < 4.78 is 10.7. The first-order chi connectivity index (χ1) is 10.1. The summed E-state index contributed by atoms with van der Waals surface area (Å²) in [5, 5.41) is 5.67. The predicted octanol–water partition coefficient (Wildman–Crippen LogP) is 1.70. The lowest BCUT2D eigenvalue weighted by molar-refractivity contribution is 0.185. The van der Waals surface area contributed by atoms with Crippen LogP contribution in [-0.4, -0.2) is 36.9 Å². The molecule has 0 radical (unpaired) electrons. The molecule has 1 aromatic rings. The molecule has 1 fully saturated rings. The quantitative estimate of drug-likeness (QED) is 0.837. The fourth-order valence-electron chi connectivity index (χ4n) is 2.05. The minimum Gasteiger partial charge on any atom is -0.475 e. The zero-order chi connectivity index (χ0) is 15.1. The summed E-state index contributed by atoms with van der Waals surface area (Å²) in [6, 6.07) is 3.55. The first kappa shape index (κ1) is 15.6. The Morgan fingerprint density at radius 2 is 2.33 bits per heavy atom. The predicted molar refractivity (Wildman–Crippen MR) is 79.2 cm³/mol. The molecule has 1 aromatic heterocycles. The van der Waals surface area contributed by atoms with Crippen molar-refractivity contribution in [3.63, 3.8) is 0 Å². The maximum atomic E-state index is 11.7. The van der Waals surface area contributed by atoms with Gasteiger partial charge < -0.3 is 20.1 Å². The molecule has 2 N–H and O–H groups in total. The third-order valence-electron chi connectivity index (χ3n) is 3.18. The van der Waals surface area contributed by atoms with E-state index < -0.39 is 0 Å². The number of aromatic nitrogens is 1. The lowest BCUT2D eigenvalue weighted by Gasteiger charge is -2.11. The Kier molecular flexibility index (Phi) is 5.80. The number of amides is 2. The summed E-state index contributed by atoms with van der Waals surface area (Å²) in [6.07, 6.45) is 2.83. The van der Waals surface area contributed by atoms with Gasteiger partial charge in [-0.25, -0.2) is 9.78 Å². The standard InChI is InChI=1S/C15H23N3O3/c1-11(2)21-14-4-3-12(7-16-14)8-17-15(19)18-9-13-5-6-20-10-13/h3-4,7,11,13H,5-6,8-10H2,1-2H3,(H2,17,18,19). The van der Waals surface area contributed by atoms with E-state index in [2.05, 4.69) is 15.6 Å². The maximum absolute atomic E-state index is 11.7. The van der Waals surface area contributed by atoms with Gasteiger partial charge in [-0.3, -0.25) is 0 Å². The van der Waals surface area contributed by atoms with Gasteiger partial charge in [-0.2, -0.15) is 0 Å². The molecule has 1 aliphatic rings. The number of ether oxygens (including phenoxy) is 2. The largest absolute Gasteiger partial charge is 0.475 e. The highest BCUT2D eigenvalue weighted by atomic mass is 16.5. The van der Waals surface area contributed by atoms with Crippen LogP contribution in [0.5, 0.6) is 5.88 Å². The van der Waals surface area contributed by atoms with Crippen LogP contribution < -0.4 is 15.4 Å². The van der Waals surface area contributed by atoms with Crippen LogP contribution in [0.1, 0.15) is 25.8 Å². The number of pyridine rings is 1. The van der Waals surface area contributed by atoms with E-state index in [0.717, 1.165) is 25.2 Å². The van der Waals surface area contributed by atoms with Crippen LogP contribution in [-0.2, 0) is 11.3 Å². The van der Waals surface area contributed by atoms with Crippen LogP contribution in [0.2, 0.25) is 0 Å². The molecular weight excluding hydrogens is 270 g/mol. The Morgan fingerprint density at radius 3 is 2.95 bits per heavy atom. The Balaban J connectivity index is 1.68. The molecule has 6 nitrogen and oxygen atoms in total. The summed E-state index contributed by atoms with van der Waals surface area (Å²) in [7, 11) is 0. The van der Waals surface area contributed by atoms with E-state index in [-0.39, 0.29) is 12.1 Å². The number of rotatable bonds is 6. The van der Waals surface area contributed by atoms with Crippen molar-refractivity contribution in [3.05, 3.63) is 23.9 Å². The van der Waals surface area contributed by atoms with Crippen LogP contribution in [0, 0.1) is 5.92 Å². The number of carbonyl (C=O) groups is 1. The molecule has 6 heteroatoms. The molecule has 0 saturated carbocycles. The van der Waals surface area contributed by atoms with Crippen molar-refractivity contribution < 1.29 is 14.3 Å². The molecule has 2 amide bonds. The van der Waals surface area contributed by atoms with Crippen molar-refractivity contribution in [1.82, 2.24) is 15.6 Å². The number of carbonyl (C=O) groups excluding carboxylic acids is 1. The fourth-order valence-corrected chi connectivity index (χ4v) is 2.05. The molecule has 0 aliphatic carbocycles. The molecule has 21 heavy (non-hydrogen) atoms. The first-order valence-electron chi connectivity index (χ1n) is 7.34. The van der Waals surface area contributed by atoms with Crippen LogP contribution in [0.4, 0.5) is 4.79 Å². The van der Waals surface area contributed by atoms with Gasteiger partial charge in [0, 0.05) is 37.9 Å². The van der Waals surface area contributed by atoms with Crippen molar-refractivity contribution in [2.75, 3.05) is 19.8 Å². The van der Waals surface area contributed by atoms with Crippen LogP contribution in [0.25, 0.3) is 0 Å². The Morgan fingerprint density at radius 1 is 1.48 bits per heavy atom. The molecule has 116 valence electrons. The molecule has 2 heterocycles. The summed E-state index contributed by atoms with van der Waals surface area (Å²) >= 11 is 0. The van der Waals surface area contributed by atoms with Gasteiger partial charge in [0.15, 0.2) is 0 Å². The number of nitrogens with one attached hydrogen (secondary N) is 2. The van der Waals surface area contributed by atoms with Crippen molar-refractivity contribution >= 4 is 6.03 Å². The summed E-state index contributed by atoms with van der Waals surface area (Å²) in [4.78, 5) is 15.9. The van der Waals surface area contributed by atoms with E-state index in [1.54, 1.807) is 6.20 Å². The first-order valence-corrected chi connectivity index (χ1v) is 7.34. The van der Waals surface area contributed by atoms with Crippen LogP contribution >= 0.6 is 0 Å². The molecule has 1 saturated heterocycles. The normalized spacial score (nSPS) is 17.8. The smallest absolute Gasteiger partial charge is 0.315 e. The molecule has 0 aromatic carbocycles. The molecule has 2 rings (SSSR count). The third kappa shape index (κ3) is 5.59.